The molecule has 0 fully saturated rings. The molecule has 0 saturated heterocycles. The lowest BCUT2D eigenvalue weighted by Gasteiger charge is -2.13. The molecule has 2 rings (SSSR count). The van der Waals surface area contributed by atoms with Crippen molar-refractivity contribution in [2.45, 2.75) is 12.3 Å². The molecule has 114 valence electrons. The highest BCUT2D eigenvalue weighted by Crippen LogP contribution is 2.26. The number of carbonyl (C=O) groups is 1. The van der Waals surface area contributed by atoms with Crippen LogP contribution >= 0.6 is 23.2 Å². The number of Topliss-reactive ketones (excluding diaryl/α,β-unsaturated/α-hetero) is 1. The number of benzene rings is 2. The summed E-state index contributed by atoms with van der Waals surface area (Å²) in [6.07, 6.45) is 0.0202. The maximum atomic E-state index is 12.4. The lowest BCUT2D eigenvalue weighted by molar-refractivity contribution is -0.483. The molecule has 0 spiro atoms. The van der Waals surface area contributed by atoms with Crippen molar-refractivity contribution >= 4 is 29.0 Å². The fraction of sp³-hybridized carbons (Fsp3) is 0.188. The van der Waals surface area contributed by atoms with Crippen molar-refractivity contribution in [3.05, 3.63) is 79.8 Å². The molecule has 0 aromatic heterocycles. The third-order valence-electron chi connectivity index (χ3n) is 3.30. The monoisotopic (exact) mass is 337 g/mol. The van der Waals surface area contributed by atoms with Crippen LogP contribution in [0.4, 0.5) is 0 Å². The van der Waals surface area contributed by atoms with Gasteiger partial charge in [0.15, 0.2) is 5.78 Å². The Balaban J connectivity index is 2.23. The van der Waals surface area contributed by atoms with Gasteiger partial charge in [-0.15, -0.1) is 0 Å². The van der Waals surface area contributed by atoms with E-state index in [1.807, 2.05) is 6.07 Å². The molecule has 22 heavy (non-hydrogen) atoms. The number of hydrogen-bond acceptors (Lipinski definition) is 3. The van der Waals surface area contributed by atoms with E-state index in [1.54, 1.807) is 36.4 Å². The predicted octanol–water partition coefficient (Wildman–Crippen LogP) is 4.63. The van der Waals surface area contributed by atoms with Crippen LogP contribution < -0.4 is 0 Å². The van der Waals surface area contributed by atoms with Gasteiger partial charge in [-0.05, 0) is 23.8 Å². The van der Waals surface area contributed by atoms with E-state index in [1.165, 1.54) is 6.07 Å². The zero-order valence-corrected chi connectivity index (χ0v) is 13.1. The van der Waals surface area contributed by atoms with Crippen LogP contribution in [-0.2, 0) is 0 Å². The Labute approximate surface area is 137 Å². The zero-order valence-electron chi connectivity index (χ0n) is 11.5. The lowest BCUT2D eigenvalue weighted by Crippen LogP contribution is -2.16. The molecular weight excluding hydrogens is 325 g/mol. The Morgan fingerprint density at radius 3 is 2.41 bits per heavy atom. The molecule has 0 heterocycles. The SMILES string of the molecule is O=C(CC(C[N+](=O)[O-])c1ccccc1)c1ccc(Cl)cc1Cl. The molecule has 0 N–H and O–H groups in total. The van der Waals surface area contributed by atoms with Crippen LogP contribution in [-0.4, -0.2) is 17.3 Å². The number of hydrogen-bond donors (Lipinski definition) is 0. The van der Waals surface area contributed by atoms with Gasteiger partial charge in [-0.1, -0.05) is 53.5 Å². The Bertz CT molecular complexity index is 689. The maximum absolute atomic E-state index is 12.4. The molecule has 1 unspecified atom stereocenters. The van der Waals surface area contributed by atoms with Gasteiger partial charge in [0, 0.05) is 21.9 Å². The van der Waals surface area contributed by atoms with Gasteiger partial charge in [0.05, 0.1) is 10.9 Å². The second kappa shape index (κ2) is 7.38. The normalized spacial score (nSPS) is 11.9. The van der Waals surface area contributed by atoms with Gasteiger partial charge in [-0.3, -0.25) is 14.9 Å². The Kier molecular flexibility index (Phi) is 5.52. The highest BCUT2D eigenvalue weighted by Gasteiger charge is 2.23. The van der Waals surface area contributed by atoms with Crippen molar-refractivity contribution in [2.75, 3.05) is 6.54 Å². The molecule has 2 aromatic rings. The number of nitro groups is 1. The summed E-state index contributed by atoms with van der Waals surface area (Å²) < 4.78 is 0. The Morgan fingerprint density at radius 1 is 1.14 bits per heavy atom. The van der Waals surface area contributed by atoms with E-state index < -0.39 is 10.8 Å². The van der Waals surface area contributed by atoms with Gasteiger partial charge < -0.3 is 0 Å². The Morgan fingerprint density at radius 2 is 1.82 bits per heavy atom. The van der Waals surface area contributed by atoms with Gasteiger partial charge in [0.25, 0.3) is 0 Å². The summed E-state index contributed by atoms with van der Waals surface area (Å²) in [7, 11) is 0. The average Bonchev–Trinajstić information content (AvgIpc) is 2.46. The minimum Gasteiger partial charge on any atom is -0.294 e. The molecular formula is C16H13Cl2NO3. The summed E-state index contributed by atoms with van der Waals surface area (Å²) in [6.45, 7) is -0.305. The van der Waals surface area contributed by atoms with Crippen LogP contribution in [0.15, 0.2) is 48.5 Å². The van der Waals surface area contributed by atoms with E-state index in [-0.39, 0.29) is 23.8 Å². The summed E-state index contributed by atoms with van der Waals surface area (Å²) >= 11 is 11.8. The maximum Gasteiger partial charge on any atom is 0.211 e. The van der Waals surface area contributed by atoms with Crippen LogP contribution in [0, 0.1) is 10.1 Å². The first-order chi connectivity index (χ1) is 10.5. The third kappa shape index (κ3) is 4.29. The number of nitrogens with zero attached hydrogens (tertiary/aromatic N) is 1. The Hall–Kier alpha value is -1.91. The molecule has 0 aliphatic heterocycles. The second-order valence-electron chi connectivity index (χ2n) is 4.87. The predicted molar refractivity (Wildman–Crippen MR) is 86.5 cm³/mol. The first kappa shape index (κ1) is 16.5. The van der Waals surface area contributed by atoms with Crippen molar-refractivity contribution < 1.29 is 9.72 Å². The zero-order chi connectivity index (χ0) is 16.1. The molecule has 0 aliphatic carbocycles. The van der Waals surface area contributed by atoms with E-state index in [2.05, 4.69) is 0 Å². The van der Waals surface area contributed by atoms with Crippen LogP contribution in [0.1, 0.15) is 28.3 Å². The second-order valence-corrected chi connectivity index (χ2v) is 5.72. The van der Waals surface area contributed by atoms with Crippen molar-refractivity contribution in [3.63, 3.8) is 0 Å². The summed E-state index contributed by atoms with van der Waals surface area (Å²) in [5, 5.41) is 11.6. The third-order valence-corrected chi connectivity index (χ3v) is 3.85. The smallest absolute Gasteiger partial charge is 0.211 e. The summed E-state index contributed by atoms with van der Waals surface area (Å²) in [5.74, 6) is -0.729. The molecule has 6 heteroatoms. The van der Waals surface area contributed by atoms with Gasteiger partial charge in [0.1, 0.15) is 0 Å². The fourth-order valence-corrected chi connectivity index (χ4v) is 2.76. The highest BCUT2D eigenvalue weighted by molar-refractivity contribution is 6.36. The van der Waals surface area contributed by atoms with Crippen LogP contribution in [0.3, 0.4) is 0 Å². The minimum absolute atomic E-state index is 0.0202. The van der Waals surface area contributed by atoms with Gasteiger partial charge in [0.2, 0.25) is 6.54 Å². The van der Waals surface area contributed by atoms with E-state index in [4.69, 9.17) is 23.2 Å². The largest absolute Gasteiger partial charge is 0.294 e. The lowest BCUT2D eigenvalue weighted by atomic mass is 9.91. The molecule has 0 amide bonds. The average molecular weight is 338 g/mol. The van der Waals surface area contributed by atoms with Crippen molar-refractivity contribution in [3.8, 4) is 0 Å². The van der Waals surface area contributed by atoms with E-state index in [0.29, 0.717) is 10.6 Å². The number of halogens is 2. The summed E-state index contributed by atoms with van der Waals surface area (Å²) in [6, 6.07) is 13.6. The standard InChI is InChI=1S/C16H13Cl2NO3/c17-13-6-7-14(15(18)9-13)16(20)8-12(10-19(21)22)11-4-2-1-3-5-11/h1-7,9,12H,8,10H2. The van der Waals surface area contributed by atoms with Crippen molar-refractivity contribution in [1.82, 2.24) is 0 Å². The van der Waals surface area contributed by atoms with E-state index >= 15 is 0 Å². The van der Waals surface area contributed by atoms with Crippen molar-refractivity contribution in [1.29, 1.82) is 0 Å². The fourth-order valence-electron chi connectivity index (χ4n) is 2.24. The van der Waals surface area contributed by atoms with E-state index in [0.717, 1.165) is 5.56 Å². The number of rotatable bonds is 6. The highest BCUT2D eigenvalue weighted by atomic mass is 35.5. The van der Waals surface area contributed by atoms with Gasteiger partial charge >= 0.3 is 0 Å². The number of carbonyl (C=O) groups excluding carboxylic acids is 1. The molecule has 4 nitrogen and oxygen atoms in total. The van der Waals surface area contributed by atoms with Crippen molar-refractivity contribution in [2.24, 2.45) is 0 Å². The van der Waals surface area contributed by atoms with E-state index in [9.17, 15) is 14.9 Å². The summed E-state index contributed by atoms with van der Waals surface area (Å²) in [4.78, 5) is 22.8. The van der Waals surface area contributed by atoms with Crippen LogP contribution in [0.2, 0.25) is 10.0 Å². The minimum atomic E-state index is -0.490. The molecule has 0 radical (unpaired) electrons. The molecule has 2 aromatic carbocycles. The molecule has 0 bridgehead atoms. The van der Waals surface area contributed by atoms with Gasteiger partial charge in [-0.25, -0.2) is 0 Å². The molecule has 0 aliphatic rings. The van der Waals surface area contributed by atoms with Gasteiger partial charge in [-0.2, -0.15) is 0 Å². The van der Waals surface area contributed by atoms with Crippen LogP contribution in [0.25, 0.3) is 0 Å². The molecule has 1 atom stereocenters. The van der Waals surface area contributed by atoms with Crippen LogP contribution in [0.5, 0.6) is 0 Å². The number of ketones is 1. The summed E-state index contributed by atoms with van der Waals surface area (Å²) in [5.41, 5.74) is 1.09. The quantitative estimate of drug-likeness (QED) is 0.438. The first-order valence-electron chi connectivity index (χ1n) is 6.62. The first-order valence-corrected chi connectivity index (χ1v) is 7.38. The molecule has 0 saturated carbocycles. The topological polar surface area (TPSA) is 60.2 Å².